The Hall–Kier alpha value is -0.0800. The van der Waals surface area contributed by atoms with E-state index in [2.05, 4.69) is 46.9 Å². The van der Waals surface area contributed by atoms with Crippen LogP contribution in [0.4, 0.5) is 0 Å². The van der Waals surface area contributed by atoms with Crippen molar-refractivity contribution in [2.45, 2.75) is 72.8 Å². The number of hydrogen-bond acceptors (Lipinski definition) is 2. The molecule has 0 aliphatic rings. The van der Waals surface area contributed by atoms with Crippen LogP contribution in [0, 0.1) is 11.3 Å². The standard InChI is InChI=1S/C15H34N2/c1-13(9-10-16)8-7-11-17-15(5,6)12-14(2,3)4/h13,17H,7-12,16H2,1-6H3. The zero-order valence-electron chi connectivity index (χ0n) is 12.9. The normalized spacial score (nSPS) is 15.0. The summed E-state index contributed by atoms with van der Waals surface area (Å²) in [5.74, 6) is 0.771. The average Bonchev–Trinajstić information content (AvgIpc) is 2.09. The number of hydrogen-bond donors (Lipinski definition) is 2. The predicted octanol–water partition coefficient (Wildman–Crippen LogP) is 3.56. The third-order valence-corrected chi connectivity index (χ3v) is 3.11. The van der Waals surface area contributed by atoms with Gasteiger partial charge in [-0.3, -0.25) is 0 Å². The highest BCUT2D eigenvalue weighted by Crippen LogP contribution is 2.26. The van der Waals surface area contributed by atoms with Crippen LogP contribution < -0.4 is 11.1 Å². The van der Waals surface area contributed by atoms with Gasteiger partial charge in [-0.2, -0.15) is 0 Å². The molecule has 0 aromatic rings. The van der Waals surface area contributed by atoms with Gasteiger partial charge in [-0.05, 0) is 64.0 Å². The molecule has 0 amide bonds. The minimum Gasteiger partial charge on any atom is -0.330 e. The van der Waals surface area contributed by atoms with Crippen LogP contribution in [0.5, 0.6) is 0 Å². The molecule has 104 valence electrons. The summed E-state index contributed by atoms with van der Waals surface area (Å²) < 4.78 is 0. The minimum atomic E-state index is 0.245. The quantitative estimate of drug-likeness (QED) is 0.639. The summed E-state index contributed by atoms with van der Waals surface area (Å²) in [4.78, 5) is 0. The van der Waals surface area contributed by atoms with Crippen molar-refractivity contribution in [1.82, 2.24) is 5.32 Å². The van der Waals surface area contributed by atoms with Gasteiger partial charge in [-0.25, -0.2) is 0 Å². The van der Waals surface area contributed by atoms with Gasteiger partial charge in [0.1, 0.15) is 0 Å². The minimum absolute atomic E-state index is 0.245. The Balaban J connectivity index is 3.73. The first-order chi connectivity index (χ1) is 7.66. The summed E-state index contributed by atoms with van der Waals surface area (Å²) in [6, 6.07) is 0. The van der Waals surface area contributed by atoms with Crippen molar-refractivity contribution >= 4 is 0 Å². The Bertz CT molecular complexity index is 192. The van der Waals surface area contributed by atoms with Gasteiger partial charge in [-0.1, -0.05) is 27.7 Å². The SMILES string of the molecule is CC(CCN)CCCNC(C)(C)CC(C)(C)C. The summed E-state index contributed by atoms with van der Waals surface area (Å²) in [7, 11) is 0. The molecule has 0 aliphatic carbocycles. The molecule has 17 heavy (non-hydrogen) atoms. The largest absolute Gasteiger partial charge is 0.330 e. The van der Waals surface area contributed by atoms with Gasteiger partial charge < -0.3 is 11.1 Å². The van der Waals surface area contributed by atoms with E-state index in [4.69, 9.17) is 5.73 Å². The average molecular weight is 242 g/mol. The maximum absolute atomic E-state index is 5.56. The summed E-state index contributed by atoms with van der Waals surface area (Å²) in [5.41, 5.74) is 6.19. The molecule has 2 nitrogen and oxygen atoms in total. The molecular formula is C15H34N2. The Kier molecular flexibility index (Phi) is 7.34. The van der Waals surface area contributed by atoms with E-state index in [1.165, 1.54) is 19.3 Å². The first-order valence-corrected chi connectivity index (χ1v) is 7.11. The molecule has 3 N–H and O–H groups in total. The van der Waals surface area contributed by atoms with Crippen molar-refractivity contribution < 1.29 is 0 Å². The second kappa shape index (κ2) is 7.38. The van der Waals surface area contributed by atoms with E-state index >= 15 is 0 Å². The van der Waals surface area contributed by atoms with Gasteiger partial charge in [0.25, 0.3) is 0 Å². The van der Waals surface area contributed by atoms with E-state index in [0.717, 1.165) is 25.4 Å². The van der Waals surface area contributed by atoms with Crippen molar-refractivity contribution in [3.05, 3.63) is 0 Å². The highest BCUT2D eigenvalue weighted by Gasteiger charge is 2.24. The van der Waals surface area contributed by atoms with Gasteiger partial charge >= 0.3 is 0 Å². The van der Waals surface area contributed by atoms with Crippen LogP contribution in [0.1, 0.15) is 67.2 Å². The first-order valence-electron chi connectivity index (χ1n) is 7.11. The van der Waals surface area contributed by atoms with Crippen LogP contribution in [-0.2, 0) is 0 Å². The highest BCUT2D eigenvalue weighted by molar-refractivity contribution is 4.83. The zero-order chi connectivity index (χ0) is 13.5. The van der Waals surface area contributed by atoms with Gasteiger partial charge in [-0.15, -0.1) is 0 Å². The lowest BCUT2D eigenvalue weighted by Gasteiger charge is -2.33. The molecule has 1 atom stereocenters. The third kappa shape index (κ3) is 10.8. The second-order valence-electron chi connectivity index (χ2n) is 7.37. The number of rotatable bonds is 8. The monoisotopic (exact) mass is 242 g/mol. The maximum atomic E-state index is 5.56. The maximum Gasteiger partial charge on any atom is 0.0130 e. The molecule has 0 aliphatic heterocycles. The molecule has 2 heteroatoms. The van der Waals surface area contributed by atoms with E-state index in [-0.39, 0.29) is 5.54 Å². The lowest BCUT2D eigenvalue weighted by molar-refractivity contribution is 0.240. The Morgan fingerprint density at radius 2 is 1.65 bits per heavy atom. The van der Waals surface area contributed by atoms with E-state index < -0.39 is 0 Å². The predicted molar refractivity (Wildman–Crippen MR) is 78.2 cm³/mol. The molecule has 0 spiro atoms. The fraction of sp³-hybridized carbons (Fsp3) is 1.00. The van der Waals surface area contributed by atoms with Crippen LogP contribution >= 0.6 is 0 Å². The van der Waals surface area contributed by atoms with E-state index in [1.54, 1.807) is 0 Å². The van der Waals surface area contributed by atoms with Crippen molar-refractivity contribution in [2.75, 3.05) is 13.1 Å². The highest BCUT2D eigenvalue weighted by atomic mass is 14.9. The fourth-order valence-corrected chi connectivity index (χ4v) is 2.69. The van der Waals surface area contributed by atoms with E-state index in [1.807, 2.05) is 0 Å². The van der Waals surface area contributed by atoms with Crippen LogP contribution in [0.15, 0.2) is 0 Å². The van der Waals surface area contributed by atoms with Gasteiger partial charge in [0.15, 0.2) is 0 Å². The molecule has 1 unspecified atom stereocenters. The van der Waals surface area contributed by atoms with Crippen molar-refractivity contribution in [2.24, 2.45) is 17.1 Å². The Labute approximate surface area is 109 Å². The lowest BCUT2D eigenvalue weighted by Crippen LogP contribution is -2.42. The summed E-state index contributed by atoms with van der Waals surface area (Å²) >= 11 is 0. The van der Waals surface area contributed by atoms with Crippen LogP contribution in [-0.4, -0.2) is 18.6 Å². The molecule has 0 heterocycles. The van der Waals surface area contributed by atoms with Crippen molar-refractivity contribution in [3.8, 4) is 0 Å². The number of nitrogens with two attached hydrogens (primary N) is 1. The van der Waals surface area contributed by atoms with Gasteiger partial charge in [0.05, 0.1) is 0 Å². The summed E-state index contributed by atoms with van der Waals surface area (Å²) in [6.45, 7) is 15.8. The van der Waals surface area contributed by atoms with Crippen molar-refractivity contribution in [1.29, 1.82) is 0 Å². The molecule has 0 aromatic carbocycles. The molecular weight excluding hydrogens is 208 g/mol. The van der Waals surface area contributed by atoms with Gasteiger partial charge in [0.2, 0.25) is 0 Å². The lowest BCUT2D eigenvalue weighted by atomic mass is 9.82. The Morgan fingerprint density at radius 1 is 1.06 bits per heavy atom. The van der Waals surface area contributed by atoms with Crippen molar-refractivity contribution in [3.63, 3.8) is 0 Å². The fourth-order valence-electron chi connectivity index (χ4n) is 2.69. The molecule has 0 saturated carbocycles. The van der Waals surface area contributed by atoms with E-state index in [0.29, 0.717) is 5.41 Å². The second-order valence-corrected chi connectivity index (χ2v) is 7.37. The van der Waals surface area contributed by atoms with Crippen LogP contribution in [0.3, 0.4) is 0 Å². The molecule has 0 radical (unpaired) electrons. The topological polar surface area (TPSA) is 38.0 Å². The number of nitrogens with one attached hydrogen (secondary N) is 1. The smallest absolute Gasteiger partial charge is 0.0130 e. The first kappa shape index (κ1) is 16.9. The molecule has 0 saturated heterocycles. The van der Waals surface area contributed by atoms with Crippen LogP contribution in [0.25, 0.3) is 0 Å². The van der Waals surface area contributed by atoms with E-state index in [9.17, 15) is 0 Å². The Morgan fingerprint density at radius 3 is 2.12 bits per heavy atom. The summed E-state index contributed by atoms with van der Waals surface area (Å²) in [5, 5.41) is 3.68. The molecule has 0 fully saturated rings. The molecule has 0 bridgehead atoms. The third-order valence-electron chi connectivity index (χ3n) is 3.11. The zero-order valence-corrected chi connectivity index (χ0v) is 12.9. The molecule has 0 rings (SSSR count). The van der Waals surface area contributed by atoms with Crippen LogP contribution in [0.2, 0.25) is 0 Å². The molecule has 0 aromatic heterocycles. The summed E-state index contributed by atoms with van der Waals surface area (Å²) in [6.07, 6.45) is 4.91. The van der Waals surface area contributed by atoms with Gasteiger partial charge in [0, 0.05) is 5.54 Å².